The number of fused-ring (bicyclic) bond motifs is 1. The molecule has 1 heterocycles. The zero-order valence-electron chi connectivity index (χ0n) is 8.28. The Kier molecular flexibility index (Phi) is 2.26. The Morgan fingerprint density at radius 2 is 2.13 bits per heavy atom. The van der Waals surface area contributed by atoms with Gasteiger partial charge in [-0.05, 0) is 17.2 Å². The van der Waals surface area contributed by atoms with Crippen molar-refractivity contribution in [3.8, 4) is 0 Å². The average molecular weight is 225 g/mol. The maximum Gasteiger partial charge on any atom is 0.251 e. The maximum atomic E-state index is 11.2. The van der Waals surface area contributed by atoms with Gasteiger partial charge >= 0.3 is 0 Å². The first kappa shape index (κ1) is 10.2. The van der Waals surface area contributed by atoms with Crippen LogP contribution in [-0.4, -0.2) is 20.6 Å². The first-order valence-corrected chi connectivity index (χ1v) is 6.59. The van der Waals surface area contributed by atoms with Gasteiger partial charge in [0.15, 0.2) is 9.84 Å². The van der Waals surface area contributed by atoms with Crippen LogP contribution in [0.25, 0.3) is 0 Å². The Morgan fingerprint density at radius 3 is 2.80 bits per heavy atom. The van der Waals surface area contributed by atoms with Crippen LogP contribution in [0.3, 0.4) is 0 Å². The van der Waals surface area contributed by atoms with E-state index < -0.39 is 9.84 Å². The lowest BCUT2D eigenvalue weighted by atomic mass is 10.1. The van der Waals surface area contributed by atoms with E-state index in [1.807, 2.05) is 0 Å². The van der Waals surface area contributed by atoms with Gasteiger partial charge in [0.05, 0.1) is 5.75 Å². The predicted octanol–water partition coefficient (Wildman–Crippen LogP) is 0.475. The molecule has 0 fully saturated rings. The molecule has 0 radical (unpaired) electrons. The highest BCUT2D eigenvalue weighted by molar-refractivity contribution is 7.89. The van der Waals surface area contributed by atoms with Crippen LogP contribution in [0.4, 0.5) is 0 Å². The van der Waals surface area contributed by atoms with Crippen molar-refractivity contribution in [2.24, 2.45) is 0 Å². The molecule has 0 aliphatic carbocycles. The first-order chi connectivity index (χ1) is 6.96. The van der Waals surface area contributed by atoms with E-state index in [0.29, 0.717) is 12.1 Å². The zero-order valence-corrected chi connectivity index (χ0v) is 9.10. The smallest absolute Gasteiger partial charge is 0.251 e. The fraction of sp³-hybridized carbons (Fsp3) is 0.300. The van der Waals surface area contributed by atoms with Gasteiger partial charge in [-0.2, -0.15) is 0 Å². The number of carbonyl (C=O) groups excluding carboxylic acids is 1. The normalized spacial score (nSPS) is 14.9. The molecule has 80 valence electrons. The van der Waals surface area contributed by atoms with Crippen LogP contribution in [0.2, 0.25) is 0 Å². The summed E-state index contributed by atoms with van der Waals surface area (Å²) in [6.07, 6.45) is 1.20. The zero-order chi connectivity index (χ0) is 11.1. The molecule has 0 bridgehead atoms. The third kappa shape index (κ3) is 2.18. The molecule has 0 saturated heterocycles. The van der Waals surface area contributed by atoms with E-state index in [2.05, 4.69) is 5.32 Å². The number of amides is 1. The van der Waals surface area contributed by atoms with Gasteiger partial charge in [-0.1, -0.05) is 12.1 Å². The summed E-state index contributed by atoms with van der Waals surface area (Å²) in [5, 5.41) is 2.69. The second-order valence-electron chi connectivity index (χ2n) is 3.74. The lowest BCUT2D eigenvalue weighted by Gasteiger charge is -2.01. The van der Waals surface area contributed by atoms with Gasteiger partial charge in [0.25, 0.3) is 5.91 Å². The average Bonchev–Trinajstić information content (AvgIpc) is 2.45. The van der Waals surface area contributed by atoms with Crippen LogP contribution in [0.15, 0.2) is 18.2 Å². The van der Waals surface area contributed by atoms with Crippen molar-refractivity contribution in [2.45, 2.75) is 12.3 Å². The molecule has 0 aromatic heterocycles. The Labute approximate surface area is 88.2 Å². The summed E-state index contributed by atoms with van der Waals surface area (Å²) in [4.78, 5) is 11.2. The van der Waals surface area contributed by atoms with Crippen LogP contribution in [0.5, 0.6) is 0 Å². The van der Waals surface area contributed by atoms with E-state index in [9.17, 15) is 13.2 Å². The molecule has 0 unspecified atom stereocenters. The Hall–Kier alpha value is -1.36. The van der Waals surface area contributed by atoms with Crippen LogP contribution < -0.4 is 5.32 Å². The third-order valence-corrected chi connectivity index (χ3v) is 3.14. The van der Waals surface area contributed by atoms with Crippen molar-refractivity contribution < 1.29 is 13.2 Å². The third-order valence-electron chi connectivity index (χ3n) is 2.28. The molecule has 0 saturated carbocycles. The Morgan fingerprint density at radius 1 is 1.40 bits per heavy atom. The summed E-state index contributed by atoms with van der Waals surface area (Å²) in [7, 11) is -3.01. The highest BCUT2D eigenvalue weighted by Gasteiger charge is 2.19. The van der Waals surface area contributed by atoms with E-state index in [1.54, 1.807) is 18.2 Å². The van der Waals surface area contributed by atoms with Crippen molar-refractivity contribution >= 4 is 15.7 Å². The quantitative estimate of drug-likeness (QED) is 0.796. The van der Waals surface area contributed by atoms with Gasteiger partial charge in [-0.15, -0.1) is 0 Å². The lowest BCUT2D eigenvalue weighted by Crippen LogP contribution is -2.12. The van der Waals surface area contributed by atoms with Gasteiger partial charge in [0, 0.05) is 18.4 Å². The van der Waals surface area contributed by atoms with Gasteiger partial charge in [-0.25, -0.2) is 8.42 Å². The van der Waals surface area contributed by atoms with Crippen molar-refractivity contribution in [3.05, 3.63) is 34.9 Å². The molecule has 1 aromatic carbocycles. The number of nitrogens with one attached hydrogen (secondary N) is 1. The molecule has 1 aliphatic heterocycles. The summed E-state index contributed by atoms with van der Waals surface area (Å²) in [6, 6.07) is 5.14. The minimum atomic E-state index is -3.01. The summed E-state index contributed by atoms with van der Waals surface area (Å²) >= 11 is 0. The van der Waals surface area contributed by atoms with E-state index in [4.69, 9.17) is 0 Å². The summed E-state index contributed by atoms with van der Waals surface area (Å²) in [6.45, 7) is 0.492. The molecule has 4 nitrogen and oxygen atoms in total. The fourth-order valence-corrected chi connectivity index (χ4v) is 2.46. The SMILES string of the molecule is CS(=O)(=O)Cc1ccc2c(c1)CNC2=O. The van der Waals surface area contributed by atoms with Crippen molar-refractivity contribution in [1.82, 2.24) is 5.32 Å². The Bertz CT molecular complexity index is 519. The molecule has 0 spiro atoms. The fourth-order valence-electron chi connectivity index (χ4n) is 1.68. The Balaban J connectivity index is 2.35. The molecule has 2 rings (SSSR count). The van der Waals surface area contributed by atoms with E-state index in [1.165, 1.54) is 6.26 Å². The number of hydrogen-bond acceptors (Lipinski definition) is 3. The molecule has 1 N–H and O–H groups in total. The van der Waals surface area contributed by atoms with E-state index in [0.717, 1.165) is 11.1 Å². The largest absolute Gasteiger partial charge is 0.348 e. The lowest BCUT2D eigenvalue weighted by molar-refractivity contribution is 0.0966. The van der Waals surface area contributed by atoms with Crippen LogP contribution in [0.1, 0.15) is 21.5 Å². The van der Waals surface area contributed by atoms with Crippen molar-refractivity contribution in [1.29, 1.82) is 0 Å². The standard InChI is InChI=1S/C10H11NO3S/c1-15(13,14)6-7-2-3-9-8(4-7)5-11-10(9)12/h2-4H,5-6H2,1H3,(H,11,12). The van der Waals surface area contributed by atoms with Gasteiger partial charge < -0.3 is 5.32 Å². The van der Waals surface area contributed by atoms with E-state index in [-0.39, 0.29) is 11.7 Å². The first-order valence-electron chi connectivity index (χ1n) is 4.53. The highest BCUT2D eigenvalue weighted by Crippen LogP contribution is 2.18. The molecule has 1 amide bonds. The number of hydrogen-bond donors (Lipinski definition) is 1. The summed E-state index contributed by atoms with van der Waals surface area (Å²) < 4.78 is 22.2. The second kappa shape index (κ2) is 3.34. The molecular weight excluding hydrogens is 214 g/mol. The van der Waals surface area contributed by atoms with Crippen molar-refractivity contribution in [3.63, 3.8) is 0 Å². The van der Waals surface area contributed by atoms with Crippen LogP contribution in [-0.2, 0) is 22.1 Å². The van der Waals surface area contributed by atoms with E-state index >= 15 is 0 Å². The van der Waals surface area contributed by atoms with Gasteiger partial charge in [-0.3, -0.25) is 4.79 Å². The highest BCUT2D eigenvalue weighted by atomic mass is 32.2. The number of rotatable bonds is 2. The van der Waals surface area contributed by atoms with Crippen LogP contribution in [0, 0.1) is 0 Å². The minimum absolute atomic E-state index is 0.0223. The van der Waals surface area contributed by atoms with Crippen LogP contribution >= 0.6 is 0 Å². The molecule has 15 heavy (non-hydrogen) atoms. The summed E-state index contributed by atoms with van der Waals surface area (Å²) in [5.41, 5.74) is 2.25. The molecule has 1 aromatic rings. The van der Waals surface area contributed by atoms with Crippen molar-refractivity contribution in [2.75, 3.05) is 6.26 Å². The number of sulfone groups is 1. The number of benzene rings is 1. The second-order valence-corrected chi connectivity index (χ2v) is 5.88. The predicted molar refractivity (Wildman–Crippen MR) is 56.2 cm³/mol. The topological polar surface area (TPSA) is 63.2 Å². The molecule has 1 aliphatic rings. The summed E-state index contributed by atoms with van der Waals surface area (Å²) in [5.74, 6) is -0.0648. The minimum Gasteiger partial charge on any atom is -0.348 e. The number of carbonyl (C=O) groups is 1. The monoisotopic (exact) mass is 225 g/mol. The molecule has 0 atom stereocenters. The molecule has 5 heteroatoms. The van der Waals surface area contributed by atoms with Gasteiger partial charge in [0.2, 0.25) is 0 Å². The molecular formula is C10H11NO3S. The van der Waals surface area contributed by atoms with Gasteiger partial charge in [0.1, 0.15) is 0 Å². The maximum absolute atomic E-state index is 11.2.